The van der Waals surface area contributed by atoms with Crippen LogP contribution in [0, 0.1) is 0 Å². The molecule has 10 heteroatoms. The Labute approximate surface area is 186 Å². The first kappa shape index (κ1) is 21.9. The molecule has 0 aliphatic carbocycles. The van der Waals surface area contributed by atoms with Gasteiger partial charge in [0.05, 0.1) is 23.7 Å². The summed E-state index contributed by atoms with van der Waals surface area (Å²) in [5.74, 6) is -0.252. The molecule has 0 radical (unpaired) electrons. The molecule has 0 aliphatic rings. The van der Waals surface area contributed by atoms with Gasteiger partial charge in [0.2, 0.25) is 5.91 Å². The molecule has 0 spiro atoms. The molecule has 2 aromatic carbocycles. The van der Waals surface area contributed by atoms with Gasteiger partial charge in [-0.05, 0) is 48.0 Å². The van der Waals surface area contributed by atoms with Gasteiger partial charge in [-0.1, -0.05) is 12.1 Å². The quantitative estimate of drug-likeness (QED) is 0.325. The van der Waals surface area contributed by atoms with E-state index in [-0.39, 0.29) is 18.0 Å². The molecule has 0 bridgehead atoms. The number of hydrogen-bond donors (Lipinski definition) is 4. The van der Waals surface area contributed by atoms with E-state index in [2.05, 4.69) is 25.9 Å². The molecule has 0 unspecified atom stereocenters. The maximum absolute atomic E-state index is 12.8. The number of carbonyl (C=O) groups is 2. The summed E-state index contributed by atoms with van der Waals surface area (Å²) in [6, 6.07) is 11.9. The standard InChI is InChI=1S/C23H18F3N5O2/c24-23(25,26)15-3-1-4-16(10-15)30-22(33)31-18-6-2-5-17(11-18)29-21(32)9-14-12-28-20-13-27-8-7-19(14)20/h1-8,10-13,28H,9H2,(H,29,32)(H2,30,31,33). The number of benzene rings is 2. The average Bonchev–Trinajstić information content (AvgIpc) is 3.16. The number of aromatic nitrogens is 2. The third-order valence-electron chi connectivity index (χ3n) is 4.77. The summed E-state index contributed by atoms with van der Waals surface area (Å²) in [6.07, 6.45) is 0.706. The minimum absolute atomic E-state index is 0.000659. The van der Waals surface area contributed by atoms with Crippen molar-refractivity contribution in [1.82, 2.24) is 9.97 Å². The molecule has 7 nitrogen and oxygen atoms in total. The molecule has 4 N–H and O–H groups in total. The van der Waals surface area contributed by atoms with Crippen molar-refractivity contribution < 1.29 is 22.8 Å². The van der Waals surface area contributed by atoms with Crippen LogP contribution in [0.25, 0.3) is 10.9 Å². The Balaban J connectivity index is 1.37. The number of hydrogen-bond acceptors (Lipinski definition) is 3. The summed E-state index contributed by atoms with van der Waals surface area (Å²) >= 11 is 0. The van der Waals surface area contributed by atoms with Gasteiger partial charge in [-0.15, -0.1) is 0 Å². The van der Waals surface area contributed by atoms with Crippen LogP contribution in [-0.4, -0.2) is 21.9 Å². The van der Waals surface area contributed by atoms with Crippen molar-refractivity contribution in [3.8, 4) is 0 Å². The van der Waals surface area contributed by atoms with Crippen LogP contribution in [0.5, 0.6) is 0 Å². The first-order valence-electron chi connectivity index (χ1n) is 9.83. The smallest absolute Gasteiger partial charge is 0.360 e. The molecule has 0 saturated carbocycles. The van der Waals surface area contributed by atoms with E-state index in [0.717, 1.165) is 28.6 Å². The summed E-state index contributed by atoms with van der Waals surface area (Å²) in [5.41, 5.74) is 1.60. The fourth-order valence-electron chi connectivity index (χ4n) is 3.30. The maximum atomic E-state index is 12.8. The predicted octanol–water partition coefficient (Wildman–Crippen LogP) is 5.41. The number of nitrogens with zero attached hydrogens (tertiary/aromatic N) is 1. The van der Waals surface area contributed by atoms with E-state index in [4.69, 9.17) is 0 Å². The second-order valence-electron chi connectivity index (χ2n) is 7.20. The van der Waals surface area contributed by atoms with Gasteiger partial charge < -0.3 is 20.9 Å². The van der Waals surface area contributed by atoms with Gasteiger partial charge in [0.1, 0.15) is 0 Å². The molecule has 4 aromatic rings. The SMILES string of the molecule is O=C(Cc1c[nH]c2cnccc12)Nc1cccc(NC(=O)Nc2cccc(C(F)(F)F)c2)c1. The fraction of sp³-hybridized carbons (Fsp3) is 0.0870. The van der Waals surface area contributed by atoms with Crippen molar-refractivity contribution in [3.05, 3.63) is 84.3 Å². The molecular formula is C23H18F3N5O2. The van der Waals surface area contributed by atoms with Crippen LogP contribution in [0.1, 0.15) is 11.1 Å². The van der Waals surface area contributed by atoms with Crippen LogP contribution in [0.2, 0.25) is 0 Å². The minimum atomic E-state index is -4.51. The Morgan fingerprint density at radius 2 is 1.58 bits per heavy atom. The number of alkyl halides is 3. The number of pyridine rings is 1. The maximum Gasteiger partial charge on any atom is 0.416 e. The number of H-pyrrole nitrogens is 1. The van der Waals surface area contributed by atoms with Crippen molar-refractivity contribution in [2.45, 2.75) is 12.6 Å². The molecule has 0 fully saturated rings. The fourth-order valence-corrected chi connectivity index (χ4v) is 3.30. The van der Waals surface area contributed by atoms with E-state index < -0.39 is 17.8 Å². The number of anilines is 3. The van der Waals surface area contributed by atoms with Gasteiger partial charge >= 0.3 is 12.2 Å². The minimum Gasteiger partial charge on any atom is -0.360 e. The molecule has 0 saturated heterocycles. The summed E-state index contributed by atoms with van der Waals surface area (Å²) in [7, 11) is 0. The van der Waals surface area contributed by atoms with Gasteiger partial charge in [0.15, 0.2) is 0 Å². The topological polar surface area (TPSA) is 98.9 Å². The predicted molar refractivity (Wildman–Crippen MR) is 119 cm³/mol. The van der Waals surface area contributed by atoms with Crippen LogP contribution in [0.15, 0.2) is 73.2 Å². The largest absolute Gasteiger partial charge is 0.416 e. The van der Waals surface area contributed by atoms with E-state index in [9.17, 15) is 22.8 Å². The van der Waals surface area contributed by atoms with Crippen LogP contribution in [0.3, 0.4) is 0 Å². The van der Waals surface area contributed by atoms with Crippen LogP contribution < -0.4 is 16.0 Å². The molecule has 0 atom stereocenters. The number of carbonyl (C=O) groups excluding carboxylic acids is 2. The van der Waals surface area contributed by atoms with Gasteiger partial charge in [-0.25, -0.2) is 4.79 Å². The molecule has 2 heterocycles. The zero-order valence-corrected chi connectivity index (χ0v) is 17.0. The van der Waals surface area contributed by atoms with Gasteiger partial charge in [0, 0.05) is 34.8 Å². The highest BCUT2D eigenvalue weighted by Gasteiger charge is 2.30. The number of rotatable bonds is 5. The Kier molecular flexibility index (Phi) is 5.99. The lowest BCUT2D eigenvalue weighted by Crippen LogP contribution is -2.20. The van der Waals surface area contributed by atoms with Crippen molar-refractivity contribution in [2.24, 2.45) is 0 Å². The van der Waals surface area contributed by atoms with Crippen molar-refractivity contribution in [2.75, 3.05) is 16.0 Å². The van der Waals surface area contributed by atoms with E-state index in [1.165, 1.54) is 12.1 Å². The molecule has 2 aromatic heterocycles. The van der Waals surface area contributed by atoms with Crippen molar-refractivity contribution in [1.29, 1.82) is 0 Å². The van der Waals surface area contributed by atoms with E-state index in [1.807, 2.05) is 6.07 Å². The lowest BCUT2D eigenvalue weighted by Gasteiger charge is -2.12. The zero-order chi connectivity index (χ0) is 23.4. The number of halogens is 3. The molecular weight excluding hydrogens is 435 g/mol. The highest BCUT2D eigenvalue weighted by Crippen LogP contribution is 2.30. The number of amides is 3. The molecule has 33 heavy (non-hydrogen) atoms. The second kappa shape index (κ2) is 9.03. The lowest BCUT2D eigenvalue weighted by atomic mass is 10.1. The van der Waals surface area contributed by atoms with E-state index >= 15 is 0 Å². The second-order valence-corrected chi connectivity index (χ2v) is 7.20. The Hall–Kier alpha value is -4.34. The van der Waals surface area contributed by atoms with Crippen LogP contribution in [0.4, 0.5) is 35.0 Å². The number of urea groups is 1. The van der Waals surface area contributed by atoms with E-state index in [0.29, 0.717) is 11.4 Å². The van der Waals surface area contributed by atoms with Crippen LogP contribution in [-0.2, 0) is 17.4 Å². The monoisotopic (exact) mass is 453 g/mol. The number of aromatic amines is 1. The zero-order valence-electron chi connectivity index (χ0n) is 17.0. The third-order valence-corrected chi connectivity index (χ3v) is 4.77. The highest BCUT2D eigenvalue weighted by molar-refractivity contribution is 6.01. The van der Waals surface area contributed by atoms with Gasteiger partial charge in [0.25, 0.3) is 0 Å². The number of fused-ring (bicyclic) bond motifs is 1. The van der Waals surface area contributed by atoms with Crippen LogP contribution >= 0.6 is 0 Å². The number of nitrogens with one attached hydrogen (secondary N) is 4. The summed E-state index contributed by atoms with van der Waals surface area (Å²) in [5, 5.41) is 8.57. The molecule has 4 rings (SSSR count). The molecule has 3 amide bonds. The van der Waals surface area contributed by atoms with Crippen molar-refractivity contribution in [3.63, 3.8) is 0 Å². The first-order chi connectivity index (χ1) is 15.8. The third kappa shape index (κ3) is 5.48. The summed E-state index contributed by atoms with van der Waals surface area (Å²) in [6.45, 7) is 0. The Morgan fingerprint density at radius 3 is 2.30 bits per heavy atom. The average molecular weight is 453 g/mol. The molecule has 168 valence electrons. The highest BCUT2D eigenvalue weighted by atomic mass is 19.4. The summed E-state index contributed by atoms with van der Waals surface area (Å²) < 4.78 is 38.5. The summed E-state index contributed by atoms with van der Waals surface area (Å²) in [4.78, 5) is 31.8. The Morgan fingerprint density at radius 1 is 0.909 bits per heavy atom. The van der Waals surface area contributed by atoms with Gasteiger partial charge in [-0.3, -0.25) is 9.78 Å². The van der Waals surface area contributed by atoms with Crippen molar-refractivity contribution >= 4 is 39.9 Å². The Bertz CT molecular complexity index is 1320. The van der Waals surface area contributed by atoms with Gasteiger partial charge in [-0.2, -0.15) is 13.2 Å². The first-order valence-corrected chi connectivity index (χ1v) is 9.83. The lowest BCUT2D eigenvalue weighted by molar-refractivity contribution is -0.137. The molecule has 0 aliphatic heterocycles. The normalized spacial score (nSPS) is 11.2. The van der Waals surface area contributed by atoms with E-state index in [1.54, 1.807) is 42.9 Å².